The zero-order valence-electron chi connectivity index (χ0n) is 6.28. The Hall–Kier alpha value is -0.520. The minimum atomic E-state index is 1.17. The molecule has 0 aromatic heterocycles. The van der Waals surface area contributed by atoms with Gasteiger partial charge in [0.25, 0.3) is 0 Å². The molecule has 0 spiro atoms. The monoisotopic (exact) mass is 122 g/mol. The summed E-state index contributed by atoms with van der Waals surface area (Å²) in [6.07, 6.45) is 8.34. The quantitative estimate of drug-likeness (QED) is 0.528. The van der Waals surface area contributed by atoms with Gasteiger partial charge in [-0.1, -0.05) is 31.1 Å². The van der Waals surface area contributed by atoms with Crippen LogP contribution in [-0.2, 0) is 0 Å². The van der Waals surface area contributed by atoms with Crippen LogP contribution >= 0.6 is 0 Å². The Labute approximate surface area is 57.3 Å². The fourth-order valence-corrected chi connectivity index (χ4v) is 1.24. The summed E-state index contributed by atoms with van der Waals surface area (Å²) >= 11 is 0. The molecule has 0 bridgehead atoms. The lowest BCUT2D eigenvalue weighted by molar-refractivity contribution is 0.915. The van der Waals surface area contributed by atoms with E-state index in [9.17, 15) is 0 Å². The maximum Gasteiger partial charge on any atom is -0.0157 e. The topological polar surface area (TPSA) is 0 Å². The van der Waals surface area contributed by atoms with Gasteiger partial charge in [-0.05, 0) is 25.3 Å². The number of hydrogen-bond acceptors (Lipinski definition) is 0. The van der Waals surface area contributed by atoms with E-state index < -0.39 is 0 Å². The van der Waals surface area contributed by atoms with Crippen molar-refractivity contribution in [2.45, 2.75) is 33.1 Å². The first-order chi connectivity index (χ1) is 4.34. The summed E-state index contributed by atoms with van der Waals surface area (Å²) in [6, 6.07) is 0. The Morgan fingerprint density at radius 1 is 1.44 bits per heavy atom. The molecule has 0 saturated carbocycles. The van der Waals surface area contributed by atoms with Crippen LogP contribution in [0.3, 0.4) is 0 Å². The van der Waals surface area contributed by atoms with Crippen molar-refractivity contribution >= 4 is 0 Å². The standard InChI is InChI=1S/C9H14/c1-3-5-9-7-4-6-8(9)2/h6-7H,3-5H2,1-2H3. The van der Waals surface area contributed by atoms with Crippen LogP contribution in [0, 0.1) is 0 Å². The summed E-state index contributed by atoms with van der Waals surface area (Å²) in [4.78, 5) is 0. The lowest BCUT2D eigenvalue weighted by Gasteiger charge is -1.98. The van der Waals surface area contributed by atoms with Crippen molar-refractivity contribution in [3.63, 3.8) is 0 Å². The lowest BCUT2D eigenvalue weighted by Crippen LogP contribution is -1.78. The number of hydrogen-bond donors (Lipinski definition) is 0. The molecule has 1 aliphatic rings. The first-order valence-electron chi connectivity index (χ1n) is 3.70. The van der Waals surface area contributed by atoms with Gasteiger partial charge in [-0.25, -0.2) is 0 Å². The van der Waals surface area contributed by atoms with Crippen molar-refractivity contribution in [3.8, 4) is 0 Å². The molecular weight excluding hydrogens is 108 g/mol. The van der Waals surface area contributed by atoms with Crippen molar-refractivity contribution in [2.75, 3.05) is 0 Å². The van der Waals surface area contributed by atoms with E-state index in [1.54, 1.807) is 5.57 Å². The van der Waals surface area contributed by atoms with E-state index in [0.29, 0.717) is 0 Å². The first-order valence-corrected chi connectivity index (χ1v) is 3.70. The van der Waals surface area contributed by atoms with Gasteiger partial charge >= 0.3 is 0 Å². The van der Waals surface area contributed by atoms with Gasteiger partial charge in [0.05, 0.1) is 0 Å². The van der Waals surface area contributed by atoms with Crippen molar-refractivity contribution in [2.24, 2.45) is 0 Å². The van der Waals surface area contributed by atoms with Gasteiger partial charge in [-0.15, -0.1) is 0 Å². The zero-order chi connectivity index (χ0) is 6.69. The predicted molar refractivity (Wildman–Crippen MR) is 41.4 cm³/mol. The van der Waals surface area contributed by atoms with E-state index >= 15 is 0 Å². The number of allylic oxidation sites excluding steroid dienone is 4. The third-order valence-corrected chi connectivity index (χ3v) is 1.81. The van der Waals surface area contributed by atoms with Gasteiger partial charge in [-0.2, -0.15) is 0 Å². The molecule has 0 unspecified atom stereocenters. The minimum Gasteiger partial charge on any atom is -0.0775 e. The smallest absolute Gasteiger partial charge is 0.0157 e. The van der Waals surface area contributed by atoms with E-state index in [2.05, 4.69) is 26.0 Å². The highest BCUT2D eigenvalue weighted by Gasteiger charge is 2.01. The van der Waals surface area contributed by atoms with Crippen LogP contribution < -0.4 is 0 Å². The second-order valence-corrected chi connectivity index (χ2v) is 2.60. The van der Waals surface area contributed by atoms with Crippen molar-refractivity contribution in [3.05, 3.63) is 23.3 Å². The van der Waals surface area contributed by atoms with E-state index in [1.807, 2.05) is 0 Å². The summed E-state index contributed by atoms with van der Waals surface area (Å²) in [5.41, 5.74) is 3.06. The lowest BCUT2D eigenvalue weighted by atomic mass is 10.1. The van der Waals surface area contributed by atoms with Crippen LogP contribution in [0.2, 0.25) is 0 Å². The summed E-state index contributed by atoms with van der Waals surface area (Å²) in [6.45, 7) is 4.43. The molecule has 0 amide bonds. The molecule has 0 atom stereocenters. The highest BCUT2D eigenvalue weighted by atomic mass is 14.1. The molecule has 0 aliphatic heterocycles. The molecule has 0 saturated heterocycles. The van der Waals surface area contributed by atoms with Gasteiger partial charge in [0.15, 0.2) is 0 Å². The van der Waals surface area contributed by atoms with Crippen molar-refractivity contribution < 1.29 is 0 Å². The average molecular weight is 122 g/mol. The van der Waals surface area contributed by atoms with E-state index in [4.69, 9.17) is 0 Å². The molecule has 0 aromatic carbocycles. The fourth-order valence-electron chi connectivity index (χ4n) is 1.24. The van der Waals surface area contributed by atoms with Crippen molar-refractivity contribution in [1.82, 2.24) is 0 Å². The number of rotatable bonds is 2. The van der Waals surface area contributed by atoms with Crippen LogP contribution in [-0.4, -0.2) is 0 Å². The molecule has 50 valence electrons. The van der Waals surface area contributed by atoms with Crippen molar-refractivity contribution in [1.29, 1.82) is 0 Å². The van der Waals surface area contributed by atoms with Gasteiger partial charge in [0, 0.05) is 0 Å². The second-order valence-electron chi connectivity index (χ2n) is 2.60. The van der Waals surface area contributed by atoms with Crippen LogP contribution in [0.15, 0.2) is 23.3 Å². The Morgan fingerprint density at radius 2 is 2.22 bits per heavy atom. The molecule has 0 aromatic rings. The normalized spacial score (nSPS) is 17.6. The third-order valence-electron chi connectivity index (χ3n) is 1.81. The molecule has 1 rings (SSSR count). The van der Waals surface area contributed by atoms with E-state index in [-0.39, 0.29) is 0 Å². The van der Waals surface area contributed by atoms with Gasteiger partial charge in [0.2, 0.25) is 0 Å². The average Bonchev–Trinajstić information content (AvgIpc) is 2.18. The second kappa shape index (κ2) is 2.86. The molecule has 0 nitrogen and oxygen atoms in total. The fraction of sp³-hybridized carbons (Fsp3) is 0.556. The maximum atomic E-state index is 2.33. The molecular formula is C9H14. The minimum absolute atomic E-state index is 1.17. The summed E-state index contributed by atoms with van der Waals surface area (Å²) in [5, 5.41) is 0. The zero-order valence-corrected chi connectivity index (χ0v) is 6.28. The Bertz CT molecular complexity index is 149. The maximum absolute atomic E-state index is 2.33. The highest BCUT2D eigenvalue weighted by Crippen LogP contribution is 2.22. The molecule has 0 fully saturated rings. The van der Waals surface area contributed by atoms with Crippen LogP contribution in [0.4, 0.5) is 0 Å². The highest BCUT2D eigenvalue weighted by molar-refractivity contribution is 5.34. The summed E-state index contributed by atoms with van der Waals surface area (Å²) in [5.74, 6) is 0. The summed E-state index contributed by atoms with van der Waals surface area (Å²) < 4.78 is 0. The SMILES string of the molecule is CCCC1=CCC=C1C. The molecule has 0 N–H and O–H groups in total. The van der Waals surface area contributed by atoms with Gasteiger partial charge in [-0.3, -0.25) is 0 Å². The Morgan fingerprint density at radius 3 is 2.67 bits per heavy atom. The van der Waals surface area contributed by atoms with E-state index in [1.165, 1.54) is 24.8 Å². The summed E-state index contributed by atoms with van der Waals surface area (Å²) in [7, 11) is 0. The molecule has 0 heterocycles. The first kappa shape index (κ1) is 6.60. The Kier molecular flexibility index (Phi) is 2.10. The van der Waals surface area contributed by atoms with E-state index in [0.717, 1.165) is 0 Å². The molecule has 0 heteroatoms. The third kappa shape index (κ3) is 1.44. The molecule has 0 radical (unpaired) electrons. The molecule has 9 heavy (non-hydrogen) atoms. The van der Waals surface area contributed by atoms with Crippen LogP contribution in [0.25, 0.3) is 0 Å². The van der Waals surface area contributed by atoms with Gasteiger partial charge < -0.3 is 0 Å². The molecule has 1 aliphatic carbocycles. The Balaban J connectivity index is 2.50. The van der Waals surface area contributed by atoms with Crippen LogP contribution in [0.5, 0.6) is 0 Å². The predicted octanol–water partition coefficient (Wildman–Crippen LogP) is 3.06. The largest absolute Gasteiger partial charge is 0.0775 e. The van der Waals surface area contributed by atoms with Gasteiger partial charge in [0.1, 0.15) is 0 Å². The van der Waals surface area contributed by atoms with Crippen LogP contribution in [0.1, 0.15) is 33.1 Å².